The summed E-state index contributed by atoms with van der Waals surface area (Å²) >= 11 is 1.41. The molecule has 3 rings (SSSR count). The number of carboxylic acid groups (broad SMARTS) is 1. The Kier molecular flexibility index (Phi) is 9.02. The molecule has 178 valence electrons. The van der Waals surface area contributed by atoms with Gasteiger partial charge in [-0.15, -0.1) is 0 Å². The molecular weight excluding hydrogens is 465 g/mol. The zero-order chi connectivity index (χ0) is 24.6. The van der Waals surface area contributed by atoms with Gasteiger partial charge in [-0.3, -0.25) is 14.4 Å². The number of nitrogens with zero attached hydrogens (tertiary/aromatic N) is 3. The van der Waals surface area contributed by atoms with E-state index in [2.05, 4.69) is 9.97 Å². The molecule has 1 aromatic heterocycles. The second-order valence-electron chi connectivity index (χ2n) is 6.81. The molecule has 1 aromatic carbocycles. The summed E-state index contributed by atoms with van der Waals surface area (Å²) in [5, 5.41) is 7.61. The summed E-state index contributed by atoms with van der Waals surface area (Å²) in [7, 11) is 0. The van der Waals surface area contributed by atoms with Crippen LogP contribution in [-0.2, 0) is 15.3 Å². The number of alkyl halides is 3. The molecule has 0 aliphatic carbocycles. The van der Waals surface area contributed by atoms with E-state index in [1.54, 1.807) is 9.80 Å². The Balaban J connectivity index is 0.000000479. The van der Waals surface area contributed by atoms with Crippen LogP contribution in [-0.4, -0.2) is 75.0 Å². The number of aromatic nitrogens is 2. The van der Waals surface area contributed by atoms with Gasteiger partial charge in [-0.25, -0.2) is 9.78 Å². The first-order chi connectivity index (χ1) is 15.5. The van der Waals surface area contributed by atoms with Gasteiger partial charge < -0.3 is 19.9 Å². The van der Waals surface area contributed by atoms with E-state index in [0.29, 0.717) is 37.1 Å². The molecule has 0 bridgehead atoms. The van der Waals surface area contributed by atoms with Crippen molar-refractivity contribution in [3.8, 4) is 0 Å². The zero-order valence-corrected chi connectivity index (χ0v) is 18.3. The summed E-state index contributed by atoms with van der Waals surface area (Å²) in [4.78, 5) is 55.2. The van der Waals surface area contributed by atoms with Gasteiger partial charge in [0.05, 0.1) is 0 Å². The number of benzene rings is 1. The minimum atomic E-state index is -5.08. The molecule has 2 aromatic rings. The lowest BCUT2D eigenvalue weighted by Crippen LogP contribution is -2.50. The SMILES string of the molecule is CC(=O)N1CCN(C(=O)c2cnc(SCc3ccccc3)[nH]c2=O)CC1.O=C(O)C(F)(F)F. The van der Waals surface area contributed by atoms with Gasteiger partial charge in [0.2, 0.25) is 5.91 Å². The summed E-state index contributed by atoms with van der Waals surface area (Å²) in [5.41, 5.74) is 0.725. The molecule has 1 fully saturated rings. The number of aliphatic carboxylic acids is 1. The fourth-order valence-corrected chi connectivity index (χ4v) is 3.51. The van der Waals surface area contributed by atoms with Crippen molar-refractivity contribution in [2.45, 2.75) is 24.0 Å². The highest BCUT2D eigenvalue weighted by Gasteiger charge is 2.38. The number of hydrogen-bond donors (Lipinski definition) is 2. The fraction of sp³-hybridized carbons (Fsp3) is 0.350. The van der Waals surface area contributed by atoms with E-state index in [1.807, 2.05) is 30.3 Å². The minimum Gasteiger partial charge on any atom is -0.475 e. The van der Waals surface area contributed by atoms with Gasteiger partial charge in [-0.05, 0) is 5.56 Å². The maximum absolute atomic E-state index is 12.5. The van der Waals surface area contributed by atoms with Gasteiger partial charge in [-0.1, -0.05) is 42.1 Å². The van der Waals surface area contributed by atoms with Crippen molar-refractivity contribution in [2.24, 2.45) is 0 Å². The summed E-state index contributed by atoms with van der Waals surface area (Å²) < 4.78 is 31.7. The van der Waals surface area contributed by atoms with Crippen LogP contribution in [0.4, 0.5) is 13.2 Å². The van der Waals surface area contributed by atoms with Gasteiger partial charge in [0.1, 0.15) is 5.56 Å². The Hall–Kier alpha value is -3.35. The average molecular weight is 486 g/mol. The van der Waals surface area contributed by atoms with Crippen molar-refractivity contribution < 1.29 is 32.7 Å². The number of rotatable bonds is 4. The first-order valence-corrected chi connectivity index (χ1v) is 10.6. The topological polar surface area (TPSA) is 124 Å². The number of amides is 2. The van der Waals surface area contributed by atoms with Gasteiger partial charge in [-0.2, -0.15) is 13.2 Å². The molecule has 0 radical (unpaired) electrons. The van der Waals surface area contributed by atoms with E-state index in [-0.39, 0.29) is 17.4 Å². The number of thioether (sulfide) groups is 1. The molecule has 2 amide bonds. The van der Waals surface area contributed by atoms with E-state index in [1.165, 1.54) is 24.9 Å². The second-order valence-corrected chi connectivity index (χ2v) is 7.77. The predicted molar refractivity (Wildman–Crippen MR) is 113 cm³/mol. The Morgan fingerprint density at radius 2 is 1.64 bits per heavy atom. The number of aromatic amines is 1. The van der Waals surface area contributed by atoms with Crippen LogP contribution in [0, 0.1) is 0 Å². The van der Waals surface area contributed by atoms with Crippen molar-refractivity contribution in [3.63, 3.8) is 0 Å². The number of carbonyl (C=O) groups excluding carboxylic acids is 2. The highest BCUT2D eigenvalue weighted by Crippen LogP contribution is 2.18. The number of hydrogen-bond acceptors (Lipinski definition) is 6. The van der Waals surface area contributed by atoms with Crippen molar-refractivity contribution >= 4 is 29.5 Å². The standard InChI is InChI=1S/C18H20N4O3S.C2HF3O2/c1-13(23)21-7-9-22(10-8-21)17(25)15-11-19-18(20-16(15)24)26-12-14-5-3-2-4-6-14;3-2(4,5)1(6)7/h2-6,11H,7-10,12H2,1H3,(H,19,20,24);(H,6,7). The number of piperazine rings is 1. The average Bonchev–Trinajstić information content (AvgIpc) is 2.78. The first kappa shape index (κ1) is 25.9. The molecule has 1 aliphatic rings. The summed E-state index contributed by atoms with van der Waals surface area (Å²) in [6.07, 6.45) is -3.74. The lowest BCUT2D eigenvalue weighted by molar-refractivity contribution is -0.192. The molecule has 33 heavy (non-hydrogen) atoms. The van der Waals surface area contributed by atoms with Crippen LogP contribution in [0.15, 0.2) is 46.5 Å². The fourth-order valence-electron chi connectivity index (χ4n) is 2.72. The monoisotopic (exact) mass is 486 g/mol. The molecule has 1 aliphatic heterocycles. The molecule has 0 unspecified atom stereocenters. The van der Waals surface area contributed by atoms with Crippen LogP contribution in [0.3, 0.4) is 0 Å². The van der Waals surface area contributed by atoms with Gasteiger partial charge in [0.25, 0.3) is 11.5 Å². The van der Waals surface area contributed by atoms with Gasteiger partial charge in [0, 0.05) is 45.1 Å². The molecule has 2 heterocycles. The van der Waals surface area contributed by atoms with E-state index < -0.39 is 17.7 Å². The van der Waals surface area contributed by atoms with Crippen molar-refractivity contribution in [1.82, 2.24) is 19.8 Å². The number of nitrogens with one attached hydrogen (secondary N) is 1. The Bertz CT molecular complexity index is 1040. The van der Waals surface area contributed by atoms with Gasteiger partial charge >= 0.3 is 12.1 Å². The Morgan fingerprint density at radius 1 is 1.09 bits per heavy atom. The lowest BCUT2D eigenvalue weighted by atomic mass is 10.2. The predicted octanol–water partition coefficient (Wildman–Crippen LogP) is 2.00. The molecular formula is C20H21F3N4O5S. The Morgan fingerprint density at radius 3 is 2.12 bits per heavy atom. The van der Waals surface area contributed by atoms with Crippen molar-refractivity contribution in [3.05, 3.63) is 58.0 Å². The molecule has 0 saturated carbocycles. The highest BCUT2D eigenvalue weighted by atomic mass is 32.2. The number of carboxylic acids is 1. The minimum absolute atomic E-state index is 0.00333. The third-order valence-corrected chi connectivity index (χ3v) is 5.44. The third-order valence-electron chi connectivity index (χ3n) is 4.48. The molecule has 1 saturated heterocycles. The smallest absolute Gasteiger partial charge is 0.475 e. The van der Waals surface area contributed by atoms with E-state index in [0.717, 1.165) is 5.56 Å². The zero-order valence-electron chi connectivity index (χ0n) is 17.5. The third kappa shape index (κ3) is 7.93. The van der Waals surface area contributed by atoms with Gasteiger partial charge in [0.15, 0.2) is 5.16 Å². The Labute approximate surface area is 190 Å². The van der Waals surface area contributed by atoms with Crippen molar-refractivity contribution in [2.75, 3.05) is 26.2 Å². The van der Waals surface area contributed by atoms with E-state index in [4.69, 9.17) is 9.90 Å². The largest absolute Gasteiger partial charge is 0.490 e. The maximum atomic E-state index is 12.5. The first-order valence-electron chi connectivity index (χ1n) is 9.60. The molecule has 0 spiro atoms. The highest BCUT2D eigenvalue weighted by molar-refractivity contribution is 7.98. The van der Waals surface area contributed by atoms with E-state index >= 15 is 0 Å². The van der Waals surface area contributed by atoms with Crippen LogP contribution < -0.4 is 5.56 Å². The lowest BCUT2D eigenvalue weighted by Gasteiger charge is -2.34. The van der Waals surface area contributed by atoms with Crippen LogP contribution >= 0.6 is 11.8 Å². The summed E-state index contributed by atoms with van der Waals surface area (Å²) in [6.45, 7) is 3.32. The summed E-state index contributed by atoms with van der Waals surface area (Å²) in [6, 6.07) is 9.87. The molecule has 0 atom stereocenters. The maximum Gasteiger partial charge on any atom is 0.490 e. The van der Waals surface area contributed by atoms with Crippen molar-refractivity contribution in [1.29, 1.82) is 0 Å². The quantitative estimate of drug-likeness (QED) is 0.500. The van der Waals surface area contributed by atoms with E-state index in [9.17, 15) is 27.6 Å². The molecule has 9 nitrogen and oxygen atoms in total. The van der Waals surface area contributed by atoms with Crippen LogP contribution in [0.25, 0.3) is 0 Å². The second kappa shape index (κ2) is 11.5. The van der Waals surface area contributed by atoms with Crippen LogP contribution in [0.5, 0.6) is 0 Å². The number of H-pyrrole nitrogens is 1. The van der Waals surface area contributed by atoms with Crippen LogP contribution in [0.2, 0.25) is 0 Å². The molecule has 13 heteroatoms. The number of halogens is 3. The normalized spacial score (nSPS) is 13.7. The summed E-state index contributed by atoms with van der Waals surface area (Å²) in [5.74, 6) is -2.42. The van der Waals surface area contributed by atoms with Crippen LogP contribution in [0.1, 0.15) is 22.8 Å². The number of carbonyl (C=O) groups is 3. The molecule has 2 N–H and O–H groups in total.